The summed E-state index contributed by atoms with van der Waals surface area (Å²) in [6.07, 6.45) is 6.80. The molecule has 0 radical (unpaired) electrons. The van der Waals surface area contributed by atoms with Crippen LogP contribution in [0.2, 0.25) is 0 Å². The van der Waals surface area contributed by atoms with Gasteiger partial charge in [0.05, 0.1) is 5.69 Å². The molecule has 9 rings (SSSR count). The summed E-state index contributed by atoms with van der Waals surface area (Å²) >= 11 is 0. The maximum atomic E-state index is 2.39. The normalized spacial score (nSPS) is 12.1. The highest BCUT2D eigenvalue weighted by Gasteiger charge is 2.19. The van der Waals surface area contributed by atoms with Gasteiger partial charge in [-0.15, -0.1) is 0 Å². The predicted molar refractivity (Wildman–Crippen MR) is 218 cm³/mol. The summed E-state index contributed by atoms with van der Waals surface area (Å²) in [5.41, 5.74) is 15.9. The van der Waals surface area contributed by atoms with Crippen LogP contribution in [0.5, 0.6) is 0 Å². The van der Waals surface area contributed by atoms with Gasteiger partial charge in [-0.3, -0.25) is 0 Å². The summed E-state index contributed by atoms with van der Waals surface area (Å²) in [7, 11) is 0. The lowest BCUT2D eigenvalue weighted by Crippen LogP contribution is -2.11. The van der Waals surface area contributed by atoms with Gasteiger partial charge in [0, 0.05) is 16.9 Å². The van der Waals surface area contributed by atoms with Crippen molar-refractivity contribution in [1.29, 1.82) is 0 Å². The quantitative estimate of drug-likeness (QED) is 0.166. The Balaban J connectivity index is 1.12. The summed E-state index contributed by atoms with van der Waals surface area (Å²) in [6.45, 7) is 0. The number of para-hydroxylation sites is 1. The molecule has 1 aliphatic carbocycles. The van der Waals surface area contributed by atoms with E-state index in [1.807, 2.05) is 0 Å². The first-order valence-electron chi connectivity index (χ1n) is 17.8. The highest BCUT2D eigenvalue weighted by atomic mass is 15.1. The van der Waals surface area contributed by atoms with E-state index < -0.39 is 0 Å². The van der Waals surface area contributed by atoms with Crippen LogP contribution in [-0.4, -0.2) is 0 Å². The van der Waals surface area contributed by atoms with Crippen molar-refractivity contribution in [1.82, 2.24) is 0 Å². The largest absolute Gasteiger partial charge is 0.310 e. The van der Waals surface area contributed by atoms with Gasteiger partial charge in [-0.25, -0.2) is 0 Å². The molecule has 0 saturated carbocycles. The number of hydrogen-bond acceptors (Lipinski definition) is 1. The Labute approximate surface area is 300 Å². The van der Waals surface area contributed by atoms with E-state index in [0.29, 0.717) is 0 Å². The number of nitrogens with zero attached hydrogens (tertiary/aromatic N) is 1. The van der Waals surface area contributed by atoms with Crippen LogP contribution in [0.4, 0.5) is 17.1 Å². The van der Waals surface area contributed by atoms with Crippen LogP contribution in [0.25, 0.3) is 61.4 Å². The molecule has 0 saturated heterocycles. The van der Waals surface area contributed by atoms with Crippen LogP contribution in [0.3, 0.4) is 0 Å². The maximum Gasteiger partial charge on any atom is 0.0540 e. The van der Waals surface area contributed by atoms with Gasteiger partial charge in [0.2, 0.25) is 0 Å². The molecule has 1 nitrogen and oxygen atoms in total. The molecule has 51 heavy (non-hydrogen) atoms. The zero-order chi connectivity index (χ0) is 34.0. The van der Waals surface area contributed by atoms with Gasteiger partial charge in [-0.2, -0.15) is 0 Å². The summed E-state index contributed by atoms with van der Waals surface area (Å²) in [5, 5.41) is 2.68. The molecule has 242 valence electrons. The van der Waals surface area contributed by atoms with Crippen LogP contribution >= 0.6 is 0 Å². The van der Waals surface area contributed by atoms with E-state index in [0.717, 1.165) is 29.9 Å². The van der Waals surface area contributed by atoms with Crippen molar-refractivity contribution in [3.8, 4) is 44.5 Å². The lowest BCUT2D eigenvalue weighted by molar-refractivity contribution is 0.997. The number of hydrogen-bond donors (Lipinski definition) is 0. The molecule has 0 unspecified atom stereocenters. The standard InChI is InChI=1S/C50H37N/c1-3-13-36(14-4-1)37-23-25-38(26-24-37)39-27-31-43(32-28-39)51(50-22-12-11-19-46(50)40-15-5-2-6-16-40)44-33-29-41(30-34-44)49-35-42-17-7-8-18-45(42)47-20-9-10-21-48(47)49/h1-7,9-17,19-35H,8,18H2. The molecule has 0 atom stereocenters. The van der Waals surface area contributed by atoms with E-state index in [2.05, 4.69) is 205 Å². The van der Waals surface area contributed by atoms with Gasteiger partial charge in [0.15, 0.2) is 0 Å². The summed E-state index contributed by atoms with van der Waals surface area (Å²) < 4.78 is 0. The monoisotopic (exact) mass is 651 g/mol. The zero-order valence-corrected chi connectivity index (χ0v) is 28.4. The molecule has 0 N–H and O–H groups in total. The molecule has 1 aliphatic rings. The van der Waals surface area contributed by atoms with Crippen molar-refractivity contribution in [3.05, 3.63) is 205 Å². The number of rotatable bonds is 7. The first-order valence-corrected chi connectivity index (χ1v) is 17.8. The average molecular weight is 652 g/mol. The van der Waals surface area contributed by atoms with Crippen molar-refractivity contribution in [2.45, 2.75) is 12.8 Å². The Kier molecular flexibility index (Phi) is 8.08. The number of benzene rings is 8. The fraction of sp³-hybridized carbons (Fsp3) is 0.0400. The number of anilines is 3. The minimum atomic E-state index is 1.10. The van der Waals surface area contributed by atoms with E-state index in [1.54, 1.807) is 0 Å². The van der Waals surface area contributed by atoms with Crippen LogP contribution in [-0.2, 0) is 6.42 Å². The summed E-state index contributed by atoms with van der Waals surface area (Å²) in [4.78, 5) is 2.39. The lowest BCUT2D eigenvalue weighted by atomic mass is 9.87. The Morgan fingerprint density at radius 2 is 0.843 bits per heavy atom. The number of fused-ring (bicyclic) bond motifs is 3. The molecule has 0 spiro atoms. The molecule has 0 aromatic heterocycles. The molecule has 0 fully saturated rings. The zero-order valence-electron chi connectivity index (χ0n) is 28.4. The molecular formula is C50H37N. The average Bonchev–Trinajstić information content (AvgIpc) is 3.22. The second kappa shape index (κ2) is 13.5. The van der Waals surface area contributed by atoms with E-state index in [1.165, 1.54) is 66.4 Å². The van der Waals surface area contributed by atoms with Gasteiger partial charge in [-0.05, 0) is 110 Å². The van der Waals surface area contributed by atoms with Gasteiger partial charge in [-0.1, -0.05) is 164 Å². The van der Waals surface area contributed by atoms with Crippen LogP contribution in [0.1, 0.15) is 17.5 Å². The summed E-state index contributed by atoms with van der Waals surface area (Å²) in [6, 6.07) is 68.2. The number of allylic oxidation sites excluding steroid dienone is 1. The van der Waals surface area contributed by atoms with Gasteiger partial charge < -0.3 is 4.90 Å². The van der Waals surface area contributed by atoms with E-state index >= 15 is 0 Å². The van der Waals surface area contributed by atoms with Crippen molar-refractivity contribution in [2.75, 3.05) is 4.90 Å². The van der Waals surface area contributed by atoms with Gasteiger partial charge in [0.25, 0.3) is 0 Å². The molecule has 8 aromatic carbocycles. The van der Waals surface area contributed by atoms with E-state index in [4.69, 9.17) is 0 Å². The minimum absolute atomic E-state index is 1.10. The second-order valence-corrected chi connectivity index (χ2v) is 13.2. The second-order valence-electron chi connectivity index (χ2n) is 13.2. The molecule has 0 amide bonds. The Morgan fingerprint density at radius 3 is 1.49 bits per heavy atom. The van der Waals surface area contributed by atoms with Crippen LogP contribution in [0, 0.1) is 0 Å². The van der Waals surface area contributed by atoms with E-state index in [9.17, 15) is 0 Å². The molecule has 1 heteroatoms. The van der Waals surface area contributed by atoms with Gasteiger partial charge >= 0.3 is 0 Å². The van der Waals surface area contributed by atoms with Crippen molar-refractivity contribution >= 4 is 33.9 Å². The highest BCUT2D eigenvalue weighted by Crippen LogP contribution is 2.43. The Morgan fingerprint density at radius 1 is 0.373 bits per heavy atom. The summed E-state index contributed by atoms with van der Waals surface area (Å²) in [5.74, 6) is 0. The number of aryl methyl sites for hydroxylation is 1. The smallest absolute Gasteiger partial charge is 0.0540 e. The van der Waals surface area contributed by atoms with Crippen molar-refractivity contribution < 1.29 is 0 Å². The Hall–Kier alpha value is -6.44. The lowest BCUT2D eigenvalue weighted by Gasteiger charge is -2.28. The van der Waals surface area contributed by atoms with E-state index in [-0.39, 0.29) is 0 Å². The molecule has 0 bridgehead atoms. The molecule has 0 heterocycles. The first kappa shape index (κ1) is 30.6. The first-order chi connectivity index (χ1) is 25.3. The van der Waals surface area contributed by atoms with Gasteiger partial charge in [0.1, 0.15) is 0 Å². The molecule has 8 aromatic rings. The third-order valence-corrected chi connectivity index (χ3v) is 10.2. The third kappa shape index (κ3) is 5.94. The van der Waals surface area contributed by atoms with Crippen LogP contribution in [0.15, 0.2) is 194 Å². The van der Waals surface area contributed by atoms with Crippen molar-refractivity contribution in [3.63, 3.8) is 0 Å². The highest BCUT2D eigenvalue weighted by molar-refractivity contribution is 6.01. The third-order valence-electron chi connectivity index (χ3n) is 10.2. The topological polar surface area (TPSA) is 3.24 Å². The SMILES string of the molecule is C1=Cc2cc(-c3ccc(N(c4ccc(-c5ccc(-c6ccccc6)cc5)cc4)c4ccccc4-c4ccccc4)cc3)c3ccccc3c2CC1. The fourth-order valence-corrected chi connectivity index (χ4v) is 7.60. The van der Waals surface area contributed by atoms with Crippen molar-refractivity contribution in [2.24, 2.45) is 0 Å². The molecular weight excluding hydrogens is 615 g/mol. The minimum Gasteiger partial charge on any atom is -0.310 e. The fourth-order valence-electron chi connectivity index (χ4n) is 7.60. The maximum absolute atomic E-state index is 2.39. The molecule has 0 aliphatic heterocycles. The van der Waals surface area contributed by atoms with Crippen LogP contribution < -0.4 is 4.90 Å². The Bertz CT molecular complexity index is 2470. The predicted octanol–water partition coefficient (Wildman–Crippen LogP) is 13.9.